The molecular formula is C14H27N3O. The molecule has 0 aromatic rings. The minimum absolute atomic E-state index is 0.0757. The van der Waals surface area contributed by atoms with Crippen molar-refractivity contribution in [2.75, 3.05) is 33.2 Å². The highest BCUT2D eigenvalue weighted by Crippen LogP contribution is 2.22. The maximum absolute atomic E-state index is 12.1. The molecule has 1 heterocycles. The van der Waals surface area contributed by atoms with Crippen LogP contribution in [0.25, 0.3) is 0 Å². The fourth-order valence-corrected chi connectivity index (χ4v) is 3.20. The van der Waals surface area contributed by atoms with E-state index in [9.17, 15) is 4.79 Å². The third kappa shape index (κ3) is 3.23. The quantitative estimate of drug-likeness (QED) is 0.769. The summed E-state index contributed by atoms with van der Waals surface area (Å²) in [6.07, 6.45) is 6.40. The van der Waals surface area contributed by atoms with Crippen LogP contribution in [0.1, 0.15) is 39.0 Å². The summed E-state index contributed by atoms with van der Waals surface area (Å²) in [5, 5.41) is 3.26. The number of amides is 1. The number of likely N-dealkylation sites (N-methyl/N-ethyl adjacent to an activating group) is 2. The Labute approximate surface area is 111 Å². The third-order valence-electron chi connectivity index (χ3n) is 4.42. The summed E-state index contributed by atoms with van der Waals surface area (Å²) in [6.45, 7) is 5.79. The van der Waals surface area contributed by atoms with Crippen molar-refractivity contribution in [1.29, 1.82) is 0 Å². The average Bonchev–Trinajstić information content (AvgIpc) is 2.99. The van der Waals surface area contributed by atoms with Crippen molar-refractivity contribution in [2.45, 2.75) is 51.1 Å². The van der Waals surface area contributed by atoms with Crippen molar-refractivity contribution in [1.82, 2.24) is 15.1 Å². The first-order valence-electron chi connectivity index (χ1n) is 7.44. The topological polar surface area (TPSA) is 35.6 Å². The van der Waals surface area contributed by atoms with Crippen molar-refractivity contribution in [3.63, 3.8) is 0 Å². The fourth-order valence-electron chi connectivity index (χ4n) is 3.20. The van der Waals surface area contributed by atoms with E-state index < -0.39 is 0 Å². The smallest absolute Gasteiger partial charge is 0.239 e. The van der Waals surface area contributed by atoms with Gasteiger partial charge in [0.1, 0.15) is 0 Å². The largest absolute Gasteiger partial charge is 0.340 e. The number of rotatable bonds is 6. The van der Waals surface area contributed by atoms with E-state index in [2.05, 4.69) is 24.2 Å². The molecule has 1 saturated heterocycles. The number of hydrogen-bond acceptors (Lipinski definition) is 3. The van der Waals surface area contributed by atoms with Crippen LogP contribution < -0.4 is 5.32 Å². The zero-order valence-corrected chi connectivity index (χ0v) is 11.8. The van der Waals surface area contributed by atoms with Crippen molar-refractivity contribution >= 4 is 5.91 Å². The van der Waals surface area contributed by atoms with Gasteiger partial charge in [0.2, 0.25) is 5.91 Å². The van der Waals surface area contributed by atoms with Crippen molar-refractivity contribution in [3.8, 4) is 0 Å². The summed E-state index contributed by atoms with van der Waals surface area (Å²) < 4.78 is 0. The summed E-state index contributed by atoms with van der Waals surface area (Å²) in [6, 6.07) is 0.832. The van der Waals surface area contributed by atoms with E-state index in [4.69, 9.17) is 0 Å². The Morgan fingerprint density at radius 1 is 1.33 bits per heavy atom. The van der Waals surface area contributed by atoms with Gasteiger partial charge in [-0.2, -0.15) is 0 Å². The van der Waals surface area contributed by atoms with Crippen LogP contribution in [-0.4, -0.2) is 61.0 Å². The lowest BCUT2D eigenvalue weighted by Gasteiger charge is -2.26. The molecule has 1 aliphatic heterocycles. The molecule has 2 fully saturated rings. The molecule has 18 heavy (non-hydrogen) atoms. The molecule has 1 saturated carbocycles. The van der Waals surface area contributed by atoms with Gasteiger partial charge in [-0.15, -0.1) is 0 Å². The summed E-state index contributed by atoms with van der Waals surface area (Å²) in [7, 11) is 2.21. The summed E-state index contributed by atoms with van der Waals surface area (Å²) in [5.74, 6) is 0.302. The lowest BCUT2D eigenvalue weighted by molar-refractivity contribution is -0.129. The van der Waals surface area contributed by atoms with Crippen LogP contribution in [0.5, 0.6) is 0 Å². The molecule has 0 spiro atoms. The SMILES string of the molecule is CCNC1CCN(CCN(C)C2CCCC2)C1=O. The molecule has 4 heteroatoms. The predicted octanol–water partition coefficient (Wildman–Crippen LogP) is 1.07. The van der Waals surface area contributed by atoms with Crippen LogP contribution in [0.4, 0.5) is 0 Å². The van der Waals surface area contributed by atoms with Crippen molar-refractivity contribution in [2.24, 2.45) is 0 Å². The number of hydrogen-bond donors (Lipinski definition) is 1. The van der Waals surface area contributed by atoms with Crippen LogP contribution in [-0.2, 0) is 4.79 Å². The van der Waals surface area contributed by atoms with E-state index in [0.29, 0.717) is 5.91 Å². The van der Waals surface area contributed by atoms with Crippen LogP contribution in [0.3, 0.4) is 0 Å². The van der Waals surface area contributed by atoms with Gasteiger partial charge in [-0.3, -0.25) is 4.79 Å². The monoisotopic (exact) mass is 253 g/mol. The molecule has 1 amide bonds. The second kappa shape index (κ2) is 6.53. The van der Waals surface area contributed by atoms with Gasteiger partial charge in [0.15, 0.2) is 0 Å². The molecule has 1 N–H and O–H groups in total. The van der Waals surface area contributed by atoms with Gasteiger partial charge in [0, 0.05) is 25.7 Å². The molecule has 1 aliphatic carbocycles. The normalized spacial score (nSPS) is 25.6. The first kappa shape index (κ1) is 13.8. The van der Waals surface area contributed by atoms with Crippen LogP contribution >= 0.6 is 0 Å². The molecule has 4 nitrogen and oxygen atoms in total. The molecule has 2 aliphatic rings. The maximum atomic E-state index is 12.1. The summed E-state index contributed by atoms with van der Waals surface area (Å²) in [5.41, 5.74) is 0. The van der Waals surface area contributed by atoms with Gasteiger partial charge in [-0.25, -0.2) is 0 Å². The lowest BCUT2D eigenvalue weighted by atomic mass is 10.2. The molecule has 1 atom stereocenters. The zero-order chi connectivity index (χ0) is 13.0. The highest BCUT2D eigenvalue weighted by atomic mass is 16.2. The number of carbonyl (C=O) groups excluding carboxylic acids is 1. The molecule has 0 aromatic heterocycles. The number of carbonyl (C=O) groups is 1. The van der Waals surface area contributed by atoms with Gasteiger partial charge < -0.3 is 15.1 Å². The highest BCUT2D eigenvalue weighted by Gasteiger charge is 2.30. The van der Waals surface area contributed by atoms with Gasteiger partial charge in [0.05, 0.1) is 6.04 Å². The third-order valence-corrected chi connectivity index (χ3v) is 4.42. The Kier molecular flexibility index (Phi) is 5.01. The minimum atomic E-state index is 0.0757. The molecule has 104 valence electrons. The zero-order valence-electron chi connectivity index (χ0n) is 11.8. The second-order valence-electron chi connectivity index (χ2n) is 5.64. The minimum Gasteiger partial charge on any atom is -0.340 e. The second-order valence-corrected chi connectivity index (χ2v) is 5.64. The molecule has 0 radical (unpaired) electrons. The predicted molar refractivity (Wildman–Crippen MR) is 73.5 cm³/mol. The maximum Gasteiger partial charge on any atom is 0.239 e. The van der Waals surface area contributed by atoms with Crippen LogP contribution in [0, 0.1) is 0 Å². The van der Waals surface area contributed by atoms with E-state index in [1.54, 1.807) is 0 Å². The van der Waals surface area contributed by atoms with Crippen LogP contribution in [0.2, 0.25) is 0 Å². The Morgan fingerprint density at radius 3 is 2.72 bits per heavy atom. The van der Waals surface area contributed by atoms with Gasteiger partial charge in [-0.05, 0) is 32.9 Å². The van der Waals surface area contributed by atoms with Gasteiger partial charge >= 0.3 is 0 Å². The van der Waals surface area contributed by atoms with Crippen molar-refractivity contribution < 1.29 is 4.79 Å². The molecule has 2 rings (SSSR count). The summed E-state index contributed by atoms with van der Waals surface area (Å²) in [4.78, 5) is 16.5. The molecule has 0 bridgehead atoms. The Morgan fingerprint density at radius 2 is 2.06 bits per heavy atom. The standard InChI is InChI=1S/C14H27N3O/c1-3-15-13-8-9-17(14(13)18)11-10-16(2)12-6-4-5-7-12/h12-13,15H,3-11H2,1-2H3. The van der Waals surface area contributed by atoms with E-state index >= 15 is 0 Å². The lowest BCUT2D eigenvalue weighted by Crippen LogP contribution is -2.42. The van der Waals surface area contributed by atoms with Gasteiger partial charge in [0.25, 0.3) is 0 Å². The van der Waals surface area contributed by atoms with E-state index in [1.165, 1.54) is 25.7 Å². The number of nitrogens with one attached hydrogen (secondary N) is 1. The summed E-state index contributed by atoms with van der Waals surface area (Å²) >= 11 is 0. The van der Waals surface area contributed by atoms with E-state index in [0.717, 1.165) is 38.6 Å². The first-order chi connectivity index (χ1) is 8.72. The Balaban J connectivity index is 1.72. The Hall–Kier alpha value is -0.610. The molecular weight excluding hydrogens is 226 g/mol. The molecule has 0 aromatic carbocycles. The number of likely N-dealkylation sites (tertiary alicyclic amines) is 1. The van der Waals surface area contributed by atoms with Crippen molar-refractivity contribution in [3.05, 3.63) is 0 Å². The highest BCUT2D eigenvalue weighted by molar-refractivity contribution is 5.83. The first-order valence-corrected chi connectivity index (χ1v) is 7.44. The molecule has 1 unspecified atom stereocenters. The van der Waals surface area contributed by atoms with Crippen LogP contribution in [0.15, 0.2) is 0 Å². The van der Waals surface area contributed by atoms with E-state index in [1.807, 2.05) is 4.90 Å². The van der Waals surface area contributed by atoms with E-state index in [-0.39, 0.29) is 6.04 Å². The Bertz CT molecular complexity index is 276. The average molecular weight is 253 g/mol. The van der Waals surface area contributed by atoms with Gasteiger partial charge in [-0.1, -0.05) is 19.8 Å². The number of nitrogens with zero attached hydrogens (tertiary/aromatic N) is 2. The fraction of sp³-hybridized carbons (Fsp3) is 0.929.